The van der Waals surface area contributed by atoms with E-state index in [-0.39, 0.29) is 6.61 Å². The van der Waals surface area contributed by atoms with Crippen molar-refractivity contribution in [2.24, 2.45) is 0 Å². The van der Waals surface area contributed by atoms with Crippen molar-refractivity contribution in [2.45, 2.75) is 19.9 Å². The molecule has 20 heavy (non-hydrogen) atoms. The molecule has 0 saturated heterocycles. The summed E-state index contributed by atoms with van der Waals surface area (Å²) in [6.45, 7) is 4.85. The van der Waals surface area contributed by atoms with Gasteiger partial charge in [-0.15, -0.1) is 0 Å². The highest BCUT2D eigenvalue weighted by Gasteiger charge is 2.12. The molecule has 0 atom stereocenters. The van der Waals surface area contributed by atoms with E-state index < -0.39 is 0 Å². The summed E-state index contributed by atoms with van der Waals surface area (Å²) < 4.78 is 0. The van der Waals surface area contributed by atoms with Crippen LogP contribution in [0.2, 0.25) is 0 Å². The largest absolute Gasteiger partial charge is 0.396 e. The van der Waals surface area contributed by atoms with Gasteiger partial charge in [0.15, 0.2) is 0 Å². The van der Waals surface area contributed by atoms with E-state index in [1.165, 1.54) is 10.9 Å². The number of rotatable bonds is 7. The summed E-state index contributed by atoms with van der Waals surface area (Å²) in [7, 11) is 1.95. The van der Waals surface area contributed by atoms with Gasteiger partial charge in [0, 0.05) is 37.2 Å². The summed E-state index contributed by atoms with van der Waals surface area (Å²) in [4.78, 5) is 7.05. The minimum atomic E-state index is 0.214. The maximum Gasteiger partial charge on any atom is 0.133 e. The number of fused-ring (bicyclic) bond motifs is 1. The molecule has 1 aromatic carbocycles. The van der Waals surface area contributed by atoms with Gasteiger partial charge in [0.05, 0.1) is 5.52 Å². The lowest BCUT2D eigenvalue weighted by Crippen LogP contribution is -2.27. The van der Waals surface area contributed by atoms with Crippen LogP contribution in [-0.2, 0) is 6.54 Å². The van der Waals surface area contributed by atoms with Crippen molar-refractivity contribution in [3.63, 3.8) is 0 Å². The normalized spacial score (nSPS) is 10.9. The van der Waals surface area contributed by atoms with Crippen LogP contribution in [-0.4, -0.2) is 36.8 Å². The quantitative estimate of drug-likeness (QED) is 0.811. The van der Waals surface area contributed by atoms with Gasteiger partial charge in [-0.1, -0.05) is 18.2 Å². The lowest BCUT2D eigenvalue weighted by molar-refractivity contribution is 0.289. The Morgan fingerprint density at radius 3 is 2.80 bits per heavy atom. The lowest BCUT2D eigenvalue weighted by atomic mass is 10.1. The monoisotopic (exact) mass is 273 g/mol. The van der Waals surface area contributed by atoms with E-state index >= 15 is 0 Å². The predicted molar refractivity (Wildman–Crippen MR) is 84.1 cm³/mol. The zero-order chi connectivity index (χ0) is 14.4. The number of aromatic nitrogens is 1. The molecular formula is C16H23N3O. The second kappa shape index (κ2) is 7.22. The van der Waals surface area contributed by atoms with E-state index in [1.54, 1.807) is 0 Å². The first kappa shape index (κ1) is 14.8. The van der Waals surface area contributed by atoms with Crippen molar-refractivity contribution >= 4 is 16.7 Å². The zero-order valence-corrected chi connectivity index (χ0v) is 12.3. The molecule has 0 spiro atoms. The van der Waals surface area contributed by atoms with Crippen molar-refractivity contribution in [1.29, 1.82) is 0 Å². The molecule has 1 aromatic heterocycles. The van der Waals surface area contributed by atoms with Gasteiger partial charge in [-0.3, -0.25) is 0 Å². The fourth-order valence-corrected chi connectivity index (χ4v) is 2.42. The third-order valence-corrected chi connectivity index (χ3v) is 3.41. The number of aliphatic hydroxyl groups excluding tert-OH is 1. The molecule has 0 amide bonds. The molecule has 108 valence electrons. The second-order valence-electron chi connectivity index (χ2n) is 4.85. The Hall–Kier alpha value is -1.65. The highest BCUT2D eigenvalue weighted by atomic mass is 16.3. The molecule has 1 heterocycles. The minimum absolute atomic E-state index is 0.214. The molecule has 4 nitrogen and oxygen atoms in total. The number of nitrogens with zero attached hydrogens (tertiary/aromatic N) is 2. The molecule has 4 heteroatoms. The van der Waals surface area contributed by atoms with Gasteiger partial charge in [-0.05, 0) is 32.5 Å². The van der Waals surface area contributed by atoms with E-state index in [0.717, 1.165) is 37.4 Å². The standard InChI is InChI=1S/C16H23N3O/c1-3-19(9-6-10-20)16-14(12-17-2)11-13-7-4-5-8-15(13)18-16/h4-5,7-8,11,17,20H,3,6,9-10,12H2,1-2H3. The number of benzene rings is 1. The Morgan fingerprint density at radius 1 is 1.30 bits per heavy atom. The highest BCUT2D eigenvalue weighted by Crippen LogP contribution is 2.23. The van der Waals surface area contributed by atoms with Crippen molar-refractivity contribution in [2.75, 3.05) is 31.6 Å². The number of nitrogens with one attached hydrogen (secondary N) is 1. The van der Waals surface area contributed by atoms with Crippen molar-refractivity contribution < 1.29 is 5.11 Å². The molecule has 0 saturated carbocycles. The van der Waals surface area contributed by atoms with E-state index in [0.29, 0.717) is 0 Å². The first-order valence-electron chi connectivity index (χ1n) is 7.19. The van der Waals surface area contributed by atoms with E-state index in [1.807, 2.05) is 25.2 Å². The number of pyridine rings is 1. The van der Waals surface area contributed by atoms with Crippen LogP contribution in [0, 0.1) is 0 Å². The molecular weight excluding hydrogens is 250 g/mol. The van der Waals surface area contributed by atoms with Gasteiger partial charge in [-0.25, -0.2) is 4.98 Å². The van der Waals surface area contributed by atoms with Crippen LogP contribution in [0.3, 0.4) is 0 Å². The number of hydrogen-bond acceptors (Lipinski definition) is 4. The Labute approximate surface area is 120 Å². The topological polar surface area (TPSA) is 48.4 Å². The molecule has 0 aliphatic rings. The molecule has 0 aliphatic heterocycles. The van der Waals surface area contributed by atoms with Crippen LogP contribution in [0.1, 0.15) is 18.9 Å². The summed E-state index contributed by atoms with van der Waals surface area (Å²) in [5, 5.41) is 13.4. The van der Waals surface area contributed by atoms with Crippen LogP contribution in [0.4, 0.5) is 5.82 Å². The van der Waals surface area contributed by atoms with E-state index in [2.05, 4.69) is 29.3 Å². The van der Waals surface area contributed by atoms with Crippen LogP contribution in [0.5, 0.6) is 0 Å². The SMILES string of the molecule is CCN(CCCO)c1nc2ccccc2cc1CNC. The van der Waals surface area contributed by atoms with Gasteiger partial charge in [0.1, 0.15) is 5.82 Å². The Kier molecular flexibility index (Phi) is 5.32. The van der Waals surface area contributed by atoms with Gasteiger partial charge < -0.3 is 15.3 Å². The van der Waals surface area contributed by atoms with Gasteiger partial charge in [0.25, 0.3) is 0 Å². The van der Waals surface area contributed by atoms with Crippen LogP contribution < -0.4 is 10.2 Å². The summed E-state index contributed by atoms with van der Waals surface area (Å²) in [5.74, 6) is 1.02. The molecule has 0 unspecified atom stereocenters. The summed E-state index contributed by atoms with van der Waals surface area (Å²) >= 11 is 0. The summed E-state index contributed by atoms with van der Waals surface area (Å²) in [6.07, 6.45) is 0.765. The number of aliphatic hydroxyl groups is 1. The highest BCUT2D eigenvalue weighted by molar-refractivity contribution is 5.81. The van der Waals surface area contributed by atoms with Crippen molar-refractivity contribution in [3.05, 3.63) is 35.9 Å². The van der Waals surface area contributed by atoms with Crippen LogP contribution in [0.25, 0.3) is 10.9 Å². The summed E-state index contributed by atoms with van der Waals surface area (Å²) in [6, 6.07) is 10.4. The van der Waals surface area contributed by atoms with Gasteiger partial charge in [0.2, 0.25) is 0 Å². The number of para-hydroxylation sites is 1. The van der Waals surface area contributed by atoms with Crippen molar-refractivity contribution in [3.8, 4) is 0 Å². The fraction of sp³-hybridized carbons (Fsp3) is 0.438. The molecule has 2 aromatic rings. The zero-order valence-electron chi connectivity index (χ0n) is 12.3. The van der Waals surface area contributed by atoms with Crippen LogP contribution in [0.15, 0.2) is 30.3 Å². The van der Waals surface area contributed by atoms with Crippen LogP contribution >= 0.6 is 0 Å². The Bertz CT molecular complexity index is 556. The molecule has 0 aliphatic carbocycles. The maximum atomic E-state index is 9.04. The number of hydrogen-bond donors (Lipinski definition) is 2. The average molecular weight is 273 g/mol. The second-order valence-corrected chi connectivity index (χ2v) is 4.85. The smallest absolute Gasteiger partial charge is 0.133 e. The Balaban J connectivity index is 2.44. The molecule has 0 radical (unpaired) electrons. The molecule has 2 N–H and O–H groups in total. The first-order valence-corrected chi connectivity index (χ1v) is 7.19. The third-order valence-electron chi connectivity index (χ3n) is 3.41. The molecule has 2 rings (SSSR count). The molecule has 0 fully saturated rings. The number of anilines is 1. The predicted octanol–water partition coefficient (Wildman–Crippen LogP) is 2.16. The maximum absolute atomic E-state index is 9.04. The molecule has 0 bridgehead atoms. The van der Waals surface area contributed by atoms with Crippen molar-refractivity contribution in [1.82, 2.24) is 10.3 Å². The first-order chi connectivity index (χ1) is 9.80. The van der Waals surface area contributed by atoms with E-state index in [4.69, 9.17) is 10.1 Å². The fourth-order valence-electron chi connectivity index (χ4n) is 2.42. The lowest BCUT2D eigenvalue weighted by Gasteiger charge is -2.24. The minimum Gasteiger partial charge on any atom is -0.396 e. The third kappa shape index (κ3) is 3.26. The summed E-state index contributed by atoms with van der Waals surface area (Å²) in [5.41, 5.74) is 2.22. The Morgan fingerprint density at radius 2 is 2.10 bits per heavy atom. The van der Waals surface area contributed by atoms with E-state index in [9.17, 15) is 0 Å². The average Bonchev–Trinajstić information content (AvgIpc) is 2.48. The van der Waals surface area contributed by atoms with Gasteiger partial charge >= 0.3 is 0 Å². The van der Waals surface area contributed by atoms with Gasteiger partial charge in [-0.2, -0.15) is 0 Å².